The maximum absolute atomic E-state index is 12.7. The molecule has 0 aromatic heterocycles. The third-order valence-electron chi connectivity index (χ3n) is 4.83. The summed E-state index contributed by atoms with van der Waals surface area (Å²) in [6, 6.07) is 16.8. The zero-order chi connectivity index (χ0) is 24.5. The number of rotatable bonds is 9. The minimum Gasteiger partial charge on any atom is -0.497 e. The minimum atomic E-state index is -0.382. The summed E-state index contributed by atoms with van der Waals surface area (Å²) in [5.74, 6) is 1.11. The van der Waals surface area contributed by atoms with Crippen LogP contribution in [-0.2, 0) is 0 Å². The van der Waals surface area contributed by atoms with E-state index in [9.17, 15) is 9.59 Å². The first-order valence-electron chi connectivity index (χ1n) is 10.2. The van der Waals surface area contributed by atoms with Gasteiger partial charge >= 0.3 is 0 Å². The molecule has 0 unspecified atom stereocenters. The highest BCUT2D eigenvalue weighted by Gasteiger charge is 2.17. The van der Waals surface area contributed by atoms with Crippen LogP contribution in [0.5, 0.6) is 23.0 Å². The Morgan fingerprint density at radius 1 is 0.735 bits per heavy atom. The predicted octanol–water partition coefficient (Wildman–Crippen LogP) is 3.74. The number of carbonyl (C=O) groups is 2. The lowest BCUT2D eigenvalue weighted by Crippen LogP contribution is -2.18. The van der Waals surface area contributed by atoms with Crippen LogP contribution < -0.4 is 29.7 Å². The van der Waals surface area contributed by atoms with Gasteiger partial charge in [-0.25, -0.2) is 5.43 Å². The van der Waals surface area contributed by atoms with E-state index in [-0.39, 0.29) is 11.8 Å². The molecule has 0 aliphatic carbocycles. The van der Waals surface area contributed by atoms with E-state index in [1.54, 1.807) is 55.6 Å². The van der Waals surface area contributed by atoms with E-state index in [2.05, 4.69) is 15.8 Å². The minimum absolute atomic E-state index is 0.323. The van der Waals surface area contributed by atoms with Crippen LogP contribution in [0.2, 0.25) is 0 Å². The summed E-state index contributed by atoms with van der Waals surface area (Å²) in [5.41, 5.74) is 4.50. The van der Waals surface area contributed by atoms with E-state index >= 15 is 0 Å². The Labute approximate surface area is 197 Å². The van der Waals surface area contributed by atoms with Crippen LogP contribution in [0, 0.1) is 0 Å². The molecule has 0 saturated carbocycles. The van der Waals surface area contributed by atoms with Crippen molar-refractivity contribution in [3.63, 3.8) is 0 Å². The molecular formula is C25H25N3O6. The van der Waals surface area contributed by atoms with Crippen LogP contribution in [0.3, 0.4) is 0 Å². The zero-order valence-corrected chi connectivity index (χ0v) is 19.2. The van der Waals surface area contributed by atoms with Crippen molar-refractivity contribution < 1.29 is 28.5 Å². The van der Waals surface area contributed by atoms with Gasteiger partial charge in [0, 0.05) is 16.8 Å². The molecule has 3 rings (SSSR count). The largest absolute Gasteiger partial charge is 0.497 e. The van der Waals surface area contributed by atoms with Gasteiger partial charge in [-0.05, 0) is 66.2 Å². The molecule has 2 N–H and O–H groups in total. The van der Waals surface area contributed by atoms with E-state index in [4.69, 9.17) is 18.9 Å². The van der Waals surface area contributed by atoms with Crippen molar-refractivity contribution in [2.45, 2.75) is 0 Å². The average molecular weight is 463 g/mol. The van der Waals surface area contributed by atoms with Crippen LogP contribution in [0.1, 0.15) is 26.3 Å². The van der Waals surface area contributed by atoms with E-state index in [0.717, 1.165) is 11.3 Å². The van der Waals surface area contributed by atoms with E-state index in [1.807, 2.05) is 12.1 Å². The summed E-state index contributed by atoms with van der Waals surface area (Å²) in [6.45, 7) is 0. The SMILES string of the molecule is COc1ccc(/C=N/NC(=O)c2ccc(NC(=O)c3cc(OC)c(OC)c(OC)c3)cc2)cc1. The molecular weight excluding hydrogens is 438 g/mol. The molecule has 0 spiro atoms. The smallest absolute Gasteiger partial charge is 0.271 e. The Kier molecular flexibility index (Phi) is 8.07. The molecule has 0 aliphatic rings. The molecule has 0 heterocycles. The van der Waals surface area contributed by atoms with Gasteiger partial charge in [-0.3, -0.25) is 9.59 Å². The molecule has 0 fully saturated rings. The lowest BCUT2D eigenvalue weighted by Gasteiger charge is -2.14. The molecule has 0 aliphatic heterocycles. The number of hydrazone groups is 1. The molecule has 34 heavy (non-hydrogen) atoms. The second-order valence-electron chi connectivity index (χ2n) is 6.92. The van der Waals surface area contributed by atoms with Crippen molar-refractivity contribution >= 4 is 23.7 Å². The van der Waals surface area contributed by atoms with Crippen LogP contribution in [0.25, 0.3) is 0 Å². The van der Waals surface area contributed by atoms with Gasteiger partial charge in [0.05, 0.1) is 34.7 Å². The first-order valence-corrected chi connectivity index (χ1v) is 10.2. The first kappa shape index (κ1) is 24.1. The number of hydrogen-bond donors (Lipinski definition) is 2. The summed E-state index contributed by atoms with van der Waals surface area (Å²) in [4.78, 5) is 25.0. The topological polar surface area (TPSA) is 107 Å². The Morgan fingerprint density at radius 3 is 1.88 bits per heavy atom. The van der Waals surface area contributed by atoms with Gasteiger partial charge < -0.3 is 24.3 Å². The molecule has 9 nitrogen and oxygen atoms in total. The molecule has 0 bridgehead atoms. The highest BCUT2D eigenvalue weighted by atomic mass is 16.5. The molecule has 176 valence electrons. The summed E-state index contributed by atoms with van der Waals surface area (Å²) in [7, 11) is 6.03. The summed E-state index contributed by atoms with van der Waals surface area (Å²) >= 11 is 0. The number of nitrogens with one attached hydrogen (secondary N) is 2. The van der Waals surface area contributed by atoms with Gasteiger partial charge in [-0.15, -0.1) is 0 Å². The van der Waals surface area contributed by atoms with Crippen LogP contribution in [0.4, 0.5) is 5.69 Å². The molecule has 2 amide bonds. The highest BCUT2D eigenvalue weighted by Crippen LogP contribution is 2.38. The molecule has 3 aromatic rings. The van der Waals surface area contributed by atoms with Crippen LogP contribution in [0.15, 0.2) is 65.8 Å². The first-order chi connectivity index (χ1) is 16.5. The lowest BCUT2D eigenvalue weighted by molar-refractivity contribution is 0.0954. The molecule has 3 aromatic carbocycles. The maximum atomic E-state index is 12.7. The van der Waals surface area contributed by atoms with Gasteiger partial charge in [-0.1, -0.05) is 0 Å². The van der Waals surface area contributed by atoms with Crippen molar-refractivity contribution in [3.05, 3.63) is 77.4 Å². The summed E-state index contributed by atoms with van der Waals surface area (Å²) < 4.78 is 20.9. The number of methoxy groups -OCH3 is 4. The molecule has 0 atom stereocenters. The third-order valence-corrected chi connectivity index (χ3v) is 4.83. The number of nitrogens with zero attached hydrogens (tertiary/aromatic N) is 1. The van der Waals surface area contributed by atoms with Gasteiger partial charge in [0.2, 0.25) is 5.75 Å². The van der Waals surface area contributed by atoms with E-state index < -0.39 is 0 Å². The predicted molar refractivity (Wildman–Crippen MR) is 129 cm³/mol. The average Bonchev–Trinajstić information content (AvgIpc) is 2.88. The summed E-state index contributed by atoms with van der Waals surface area (Å²) in [6.07, 6.45) is 1.53. The fourth-order valence-corrected chi connectivity index (χ4v) is 3.04. The second-order valence-corrected chi connectivity index (χ2v) is 6.92. The maximum Gasteiger partial charge on any atom is 0.271 e. The number of benzene rings is 3. The van der Waals surface area contributed by atoms with Crippen LogP contribution in [-0.4, -0.2) is 46.5 Å². The van der Waals surface area contributed by atoms with Crippen LogP contribution >= 0.6 is 0 Å². The van der Waals surface area contributed by atoms with Crippen molar-refractivity contribution in [2.75, 3.05) is 33.8 Å². The molecule has 0 saturated heterocycles. The van der Waals surface area contributed by atoms with Gasteiger partial charge in [-0.2, -0.15) is 5.10 Å². The summed E-state index contributed by atoms with van der Waals surface area (Å²) in [5, 5.41) is 6.74. The quantitative estimate of drug-likeness (QED) is 0.370. The van der Waals surface area contributed by atoms with Crippen molar-refractivity contribution in [1.82, 2.24) is 5.43 Å². The van der Waals surface area contributed by atoms with Crippen molar-refractivity contribution in [1.29, 1.82) is 0 Å². The van der Waals surface area contributed by atoms with E-state index in [1.165, 1.54) is 27.5 Å². The lowest BCUT2D eigenvalue weighted by atomic mass is 10.1. The Bertz CT molecular complexity index is 1150. The monoisotopic (exact) mass is 463 g/mol. The Hall–Kier alpha value is -4.53. The normalized spacial score (nSPS) is 10.5. The third kappa shape index (κ3) is 5.83. The molecule has 0 radical (unpaired) electrons. The highest BCUT2D eigenvalue weighted by molar-refractivity contribution is 6.05. The van der Waals surface area contributed by atoms with E-state index in [0.29, 0.717) is 34.1 Å². The van der Waals surface area contributed by atoms with Gasteiger partial charge in [0.15, 0.2) is 11.5 Å². The Morgan fingerprint density at radius 2 is 1.35 bits per heavy atom. The fraction of sp³-hybridized carbons (Fsp3) is 0.160. The number of anilines is 1. The number of carbonyl (C=O) groups excluding carboxylic acids is 2. The number of amides is 2. The number of ether oxygens (including phenoxy) is 4. The van der Waals surface area contributed by atoms with Gasteiger partial charge in [0.1, 0.15) is 5.75 Å². The van der Waals surface area contributed by atoms with Gasteiger partial charge in [0.25, 0.3) is 11.8 Å². The van der Waals surface area contributed by atoms with Crippen molar-refractivity contribution in [2.24, 2.45) is 5.10 Å². The second kappa shape index (κ2) is 11.4. The molecule has 9 heteroatoms. The zero-order valence-electron chi connectivity index (χ0n) is 19.2. The number of hydrogen-bond acceptors (Lipinski definition) is 7. The standard InChI is InChI=1S/C25H25N3O6/c1-31-20-11-5-16(6-12-20)15-26-28-25(30)17-7-9-19(10-8-17)27-24(29)18-13-21(32-2)23(34-4)22(14-18)33-3/h5-15H,1-4H3,(H,27,29)(H,28,30)/b26-15+. The Balaban J connectivity index is 1.63. The fourth-order valence-electron chi connectivity index (χ4n) is 3.04. The van der Waals surface area contributed by atoms with Crippen molar-refractivity contribution in [3.8, 4) is 23.0 Å².